The number of aldehydes is 1. The second-order valence-corrected chi connectivity index (χ2v) is 3.47. The van der Waals surface area contributed by atoms with Crippen LogP contribution in [-0.4, -0.2) is 30.6 Å². The molecule has 0 saturated carbocycles. The van der Waals surface area contributed by atoms with Crippen LogP contribution >= 0.6 is 0 Å². The molecule has 1 N–H and O–H groups in total. The van der Waals surface area contributed by atoms with E-state index in [0.29, 0.717) is 23.3 Å². The molecule has 1 aromatic carbocycles. The van der Waals surface area contributed by atoms with Crippen molar-refractivity contribution in [2.45, 2.75) is 12.5 Å². The van der Waals surface area contributed by atoms with E-state index in [4.69, 9.17) is 14.6 Å². The molecule has 0 aliphatic carbocycles. The fourth-order valence-corrected chi connectivity index (χ4v) is 1.70. The van der Waals surface area contributed by atoms with Gasteiger partial charge >= 0.3 is 5.97 Å². The van der Waals surface area contributed by atoms with Gasteiger partial charge in [0.1, 0.15) is 11.5 Å². The molecule has 1 unspecified atom stereocenters. The van der Waals surface area contributed by atoms with Crippen LogP contribution in [-0.2, 0) is 11.2 Å². The lowest BCUT2D eigenvalue weighted by molar-refractivity contribution is -0.144. The molecule has 0 radical (unpaired) electrons. The monoisotopic (exact) mass is 222 g/mol. The van der Waals surface area contributed by atoms with Crippen LogP contribution in [0.4, 0.5) is 0 Å². The van der Waals surface area contributed by atoms with Crippen LogP contribution in [0.15, 0.2) is 12.1 Å². The Labute approximate surface area is 91.6 Å². The summed E-state index contributed by atoms with van der Waals surface area (Å²) >= 11 is 0. The zero-order valence-corrected chi connectivity index (χ0v) is 8.60. The average Bonchev–Trinajstić information content (AvgIpc) is 2.69. The predicted molar refractivity (Wildman–Crippen MR) is 54.1 cm³/mol. The summed E-state index contributed by atoms with van der Waals surface area (Å²) in [4.78, 5) is 21.5. The standard InChI is InChI=1S/C11H10O5/c1-15-8-4-9-6(2-7(8)5-12)3-10(16-9)11(13)14/h2,4-5,10H,3H2,1H3,(H,13,14). The maximum Gasteiger partial charge on any atom is 0.345 e. The van der Waals surface area contributed by atoms with Gasteiger partial charge in [-0.25, -0.2) is 4.79 Å². The Hall–Kier alpha value is -2.04. The van der Waals surface area contributed by atoms with Crippen LogP contribution in [0.1, 0.15) is 15.9 Å². The molecule has 0 amide bonds. The molecule has 0 aromatic heterocycles. The third kappa shape index (κ3) is 1.60. The Morgan fingerprint density at radius 1 is 1.62 bits per heavy atom. The number of fused-ring (bicyclic) bond motifs is 1. The smallest absolute Gasteiger partial charge is 0.345 e. The number of ether oxygens (including phenoxy) is 2. The van der Waals surface area contributed by atoms with Crippen molar-refractivity contribution in [1.82, 2.24) is 0 Å². The minimum absolute atomic E-state index is 0.273. The van der Waals surface area contributed by atoms with E-state index < -0.39 is 12.1 Å². The molecule has 1 heterocycles. The lowest BCUT2D eigenvalue weighted by Crippen LogP contribution is -2.24. The Kier molecular flexibility index (Phi) is 2.52. The minimum atomic E-state index is -1.01. The van der Waals surface area contributed by atoms with Gasteiger partial charge in [0.25, 0.3) is 0 Å². The predicted octanol–water partition coefficient (Wildman–Crippen LogP) is 0.896. The van der Waals surface area contributed by atoms with Crippen LogP contribution in [0.2, 0.25) is 0 Å². The molecule has 0 bridgehead atoms. The quantitative estimate of drug-likeness (QED) is 0.769. The molecule has 2 rings (SSSR count). The number of aliphatic carboxylic acids is 1. The molecule has 5 heteroatoms. The Morgan fingerprint density at radius 3 is 2.94 bits per heavy atom. The SMILES string of the molecule is COc1cc2c(cc1C=O)CC(C(=O)O)O2. The van der Waals surface area contributed by atoms with Crippen LogP contribution in [0, 0.1) is 0 Å². The van der Waals surface area contributed by atoms with Crippen molar-refractivity contribution in [1.29, 1.82) is 0 Å². The summed E-state index contributed by atoms with van der Waals surface area (Å²) in [5.41, 5.74) is 1.12. The Bertz CT molecular complexity index is 452. The summed E-state index contributed by atoms with van der Waals surface area (Å²) < 4.78 is 10.2. The lowest BCUT2D eigenvalue weighted by Gasteiger charge is -2.06. The highest BCUT2D eigenvalue weighted by molar-refractivity contribution is 5.82. The van der Waals surface area contributed by atoms with E-state index in [2.05, 4.69) is 0 Å². The van der Waals surface area contributed by atoms with Crippen molar-refractivity contribution in [3.05, 3.63) is 23.3 Å². The number of carbonyl (C=O) groups is 2. The third-order valence-corrected chi connectivity index (χ3v) is 2.49. The van der Waals surface area contributed by atoms with Crippen molar-refractivity contribution in [3.8, 4) is 11.5 Å². The van der Waals surface area contributed by atoms with Gasteiger partial charge in [0.2, 0.25) is 0 Å². The van der Waals surface area contributed by atoms with Gasteiger partial charge in [0.15, 0.2) is 12.4 Å². The van der Waals surface area contributed by atoms with Gasteiger partial charge in [-0.2, -0.15) is 0 Å². The number of carboxylic acid groups (broad SMARTS) is 1. The molecule has 0 fully saturated rings. The summed E-state index contributed by atoms with van der Waals surface area (Å²) in [5, 5.41) is 8.81. The maximum atomic E-state index is 10.8. The van der Waals surface area contributed by atoms with Gasteiger partial charge in [-0.05, 0) is 11.6 Å². The second-order valence-electron chi connectivity index (χ2n) is 3.47. The topological polar surface area (TPSA) is 72.8 Å². The highest BCUT2D eigenvalue weighted by atomic mass is 16.5. The normalized spacial score (nSPS) is 17.4. The van der Waals surface area contributed by atoms with Crippen LogP contribution in [0.25, 0.3) is 0 Å². The molecule has 1 aliphatic heterocycles. The van der Waals surface area contributed by atoms with Crippen molar-refractivity contribution >= 4 is 12.3 Å². The highest BCUT2D eigenvalue weighted by Gasteiger charge is 2.29. The summed E-state index contributed by atoms with van der Waals surface area (Å²) in [6, 6.07) is 3.14. The summed E-state index contributed by atoms with van der Waals surface area (Å²) in [6.07, 6.45) is 0.0736. The van der Waals surface area contributed by atoms with E-state index in [1.165, 1.54) is 7.11 Å². The van der Waals surface area contributed by atoms with Crippen LogP contribution in [0.5, 0.6) is 11.5 Å². The first kappa shape index (κ1) is 10.5. The van der Waals surface area contributed by atoms with E-state index >= 15 is 0 Å². The van der Waals surface area contributed by atoms with Crippen LogP contribution < -0.4 is 9.47 Å². The van der Waals surface area contributed by atoms with E-state index in [0.717, 1.165) is 5.56 Å². The second kappa shape index (κ2) is 3.84. The number of carbonyl (C=O) groups excluding carboxylic acids is 1. The molecule has 1 atom stereocenters. The zero-order valence-electron chi connectivity index (χ0n) is 8.60. The van der Waals surface area contributed by atoms with E-state index in [1.807, 2.05) is 0 Å². The van der Waals surface area contributed by atoms with Gasteiger partial charge in [-0.3, -0.25) is 4.79 Å². The number of hydrogen-bond donors (Lipinski definition) is 1. The van der Waals surface area contributed by atoms with Crippen LogP contribution in [0.3, 0.4) is 0 Å². The number of methoxy groups -OCH3 is 1. The molecule has 16 heavy (non-hydrogen) atoms. The van der Waals surface area contributed by atoms with Gasteiger partial charge in [-0.1, -0.05) is 0 Å². The van der Waals surface area contributed by atoms with Crippen molar-refractivity contribution in [2.24, 2.45) is 0 Å². The van der Waals surface area contributed by atoms with Gasteiger partial charge in [-0.15, -0.1) is 0 Å². The summed E-state index contributed by atoms with van der Waals surface area (Å²) in [7, 11) is 1.44. The Balaban J connectivity index is 2.39. The number of rotatable bonds is 3. The molecule has 84 valence electrons. The first-order valence-corrected chi connectivity index (χ1v) is 4.71. The molecule has 0 spiro atoms. The van der Waals surface area contributed by atoms with E-state index in [9.17, 15) is 9.59 Å². The highest BCUT2D eigenvalue weighted by Crippen LogP contribution is 2.34. The molecule has 1 aromatic rings. The first-order valence-electron chi connectivity index (χ1n) is 4.71. The first-order chi connectivity index (χ1) is 7.65. The maximum absolute atomic E-state index is 10.8. The number of benzene rings is 1. The minimum Gasteiger partial charge on any atom is -0.496 e. The Morgan fingerprint density at radius 2 is 2.38 bits per heavy atom. The fraction of sp³-hybridized carbons (Fsp3) is 0.273. The van der Waals surface area contributed by atoms with Crippen molar-refractivity contribution < 1.29 is 24.2 Å². The van der Waals surface area contributed by atoms with Gasteiger partial charge in [0, 0.05) is 12.5 Å². The molecule has 5 nitrogen and oxygen atoms in total. The largest absolute Gasteiger partial charge is 0.496 e. The number of carboxylic acids is 1. The van der Waals surface area contributed by atoms with Crippen molar-refractivity contribution in [2.75, 3.05) is 7.11 Å². The summed E-state index contributed by atoms with van der Waals surface area (Å²) in [5.74, 6) is -0.155. The van der Waals surface area contributed by atoms with E-state index in [-0.39, 0.29) is 6.42 Å². The summed E-state index contributed by atoms with van der Waals surface area (Å²) in [6.45, 7) is 0. The molecular weight excluding hydrogens is 212 g/mol. The number of hydrogen-bond acceptors (Lipinski definition) is 4. The van der Waals surface area contributed by atoms with Gasteiger partial charge < -0.3 is 14.6 Å². The lowest BCUT2D eigenvalue weighted by atomic mass is 10.1. The molecule has 1 aliphatic rings. The zero-order chi connectivity index (χ0) is 11.7. The van der Waals surface area contributed by atoms with E-state index in [1.54, 1.807) is 12.1 Å². The molecular formula is C11H10O5. The molecule has 0 saturated heterocycles. The van der Waals surface area contributed by atoms with Crippen molar-refractivity contribution in [3.63, 3.8) is 0 Å². The van der Waals surface area contributed by atoms with Gasteiger partial charge in [0.05, 0.1) is 12.7 Å². The fourth-order valence-electron chi connectivity index (χ4n) is 1.70. The average molecular weight is 222 g/mol. The third-order valence-electron chi connectivity index (χ3n) is 2.49.